The first-order valence-corrected chi connectivity index (χ1v) is 9.41. The molecule has 1 saturated heterocycles. The van der Waals surface area contributed by atoms with E-state index in [0.29, 0.717) is 12.5 Å². The van der Waals surface area contributed by atoms with Crippen LogP contribution in [0.4, 0.5) is 8.78 Å². The highest BCUT2D eigenvalue weighted by molar-refractivity contribution is 14.0. The third-order valence-electron chi connectivity index (χ3n) is 5.87. The number of nitrogens with one attached hydrogen (secondary N) is 2. The maximum absolute atomic E-state index is 13.7. The van der Waals surface area contributed by atoms with E-state index in [0.717, 1.165) is 24.6 Å². The Morgan fingerprint density at radius 2 is 1.79 bits per heavy atom. The molecule has 2 fully saturated rings. The maximum Gasteiger partial charge on any atom is 0.233 e. The monoisotopic (exact) mass is 516 g/mol. The molecule has 1 saturated carbocycles. The number of amides is 2. The van der Waals surface area contributed by atoms with Crippen LogP contribution < -0.4 is 10.6 Å². The van der Waals surface area contributed by atoms with Gasteiger partial charge in [0.1, 0.15) is 11.6 Å². The molecule has 1 aromatic carbocycles. The minimum atomic E-state index is -0.513. The number of likely N-dealkylation sites (tertiary alicyclic amines) is 1. The maximum atomic E-state index is 13.7. The van der Waals surface area contributed by atoms with E-state index >= 15 is 0 Å². The molecule has 156 valence electrons. The van der Waals surface area contributed by atoms with Gasteiger partial charge in [-0.25, -0.2) is 8.78 Å². The van der Waals surface area contributed by atoms with Gasteiger partial charge in [-0.15, -0.1) is 24.0 Å². The van der Waals surface area contributed by atoms with E-state index < -0.39 is 11.6 Å². The highest BCUT2D eigenvalue weighted by Crippen LogP contribution is 2.52. The van der Waals surface area contributed by atoms with Crippen molar-refractivity contribution in [2.24, 2.45) is 28.7 Å². The van der Waals surface area contributed by atoms with Crippen LogP contribution in [0.25, 0.3) is 0 Å². The van der Waals surface area contributed by atoms with Gasteiger partial charge in [0.25, 0.3) is 0 Å². The zero-order chi connectivity index (χ0) is 19.8. The largest absolute Gasteiger partial charge is 0.355 e. The van der Waals surface area contributed by atoms with E-state index in [1.165, 1.54) is 4.90 Å². The van der Waals surface area contributed by atoms with Gasteiger partial charge in [0, 0.05) is 32.2 Å². The molecule has 6 nitrogen and oxygen atoms in total. The fraction of sp³-hybridized carbons (Fsp3) is 0.450. The number of imide groups is 1. The number of fused-ring (bicyclic) bond motifs is 5. The Morgan fingerprint density at radius 3 is 2.41 bits per heavy atom. The van der Waals surface area contributed by atoms with Crippen molar-refractivity contribution in [3.63, 3.8) is 0 Å². The molecular formula is C20H23F2IN4O2. The molecule has 4 rings (SSSR count). The van der Waals surface area contributed by atoms with Crippen molar-refractivity contribution >= 4 is 41.8 Å². The van der Waals surface area contributed by atoms with E-state index in [4.69, 9.17) is 0 Å². The minimum absolute atomic E-state index is 0. The zero-order valence-electron chi connectivity index (χ0n) is 15.9. The Kier molecular flexibility index (Phi) is 6.55. The molecule has 2 amide bonds. The average Bonchev–Trinajstić information content (AvgIpc) is 3.36. The van der Waals surface area contributed by atoms with Gasteiger partial charge in [-0.3, -0.25) is 19.5 Å². The average molecular weight is 516 g/mol. The van der Waals surface area contributed by atoms with E-state index in [1.54, 1.807) is 7.05 Å². The van der Waals surface area contributed by atoms with E-state index in [9.17, 15) is 18.4 Å². The van der Waals surface area contributed by atoms with Gasteiger partial charge >= 0.3 is 0 Å². The SMILES string of the molecule is CN=C(NCCN1C(=O)C2C3C=CC(C3)C2C1=O)NCc1cc(F)ccc1F.I. The lowest BCUT2D eigenvalue weighted by Gasteiger charge is -2.18. The van der Waals surface area contributed by atoms with Crippen LogP contribution in [0.3, 0.4) is 0 Å². The van der Waals surface area contributed by atoms with Crippen LogP contribution in [0.15, 0.2) is 35.3 Å². The Bertz CT molecular complexity index is 846. The Hall–Kier alpha value is -2.04. The normalized spacial score (nSPS) is 27.3. The van der Waals surface area contributed by atoms with E-state index in [-0.39, 0.29) is 78.1 Å². The van der Waals surface area contributed by atoms with Crippen LogP contribution in [0.2, 0.25) is 0 Å². The first kappa shape index (κ1) is 21.7. The van der Waals surface area contributed by atoms with Crippen LogP contribution >= 0.6 is 24.0 Å². The van der Waals surface area contributed by atoms with Crippen molar-refractivity contribution < 1.29 is 18.4 Å². The van der Waals surface area contributed by atoms with Crippen LogP contribution in [-0.4, -0.2) is 42.8 Å². The Morgan fingerprint density at radius 1 is 1.14 bits per heavy atom. The zero-order valence-corrected chi connectivity index (χ0v) is 18.2. The quantitative estimate of drug-likeness (QED) is 0.207. The second-order valence-corrected chi connectivity index (χ2v) is 7.42. The third-order valence-corrected chi connectivity index (χ3v) is 5.87. The molecular weight excluding hydrogens is 493 g/mol. The summed E-state index contributed by atoms with van der Waals surface area (Å²) in [4.78, 5) is 30.6. The third kappa shape index (κ3) is 4.01. The predicted molar refractivity (Wildman–Crippen MR) is 114 cm³/mol. The van der Waals surface area contributed by atoms with Crippen molar-refractivity contribution in [2.45, 2.75) is 13.0 Å². The van der Waals surface area contributed by atoms with E-state index in [2.05, 4.69) is 27.8 Å². The molecule has 0 spiro atoms. The van der Waals surface area contributed by atoms with Crippen LogP contribution in [0.5, 0.6) is 0 Å². The molecule has 1 heterocycles. The second kappa shape index (κ2) is 8.76. The molecule has 3 aliphatic rings. The summed E-state index contributed by atoms with van der Waals surface area (Å²) in [5, 5.41) is 5.91. The highest BCUT2D eigenvalue weighted by atomic mass is 127. The lowest BCUT2D eigenvalue weighted by molar-refractivity contribution is -0.140. The molecule has 2 bridgehead atoms. The number of benzene rings is 1. The first-order valence-electron chi connectivity index (χ1n) is 9.41. The van der Waals surface area contributed by atoms with Crippen LogP contribution in [0, 0.1) is 35.3 Å². The van der Waals surface area contributed by atoms with Crippen LogP contribution in [0.1, 0.15) is 12.0 Å². The summed E-state index contributed by atoms with van der Waals surface area (Å²) in [5.41, 5.74) is 0.184. The number of hydrogen-bond donors (Lipinski definition) is 2. The summed E-state index contributed by atoms with van der Waals surface area (Å²) in [5.74, 6) is -0.818. The number of halogens is 3. The second-order valence-electron chi connectivity index (χ2n) is 7.42. The van der Waals surface area contributed by atoms with Crippen molar-refractivity contribution in [3.8, 4) is 0 Å². The molecule has 4 atom stereocenters. The standard InChI is InChI=1S/C20H22F2N4O2.HI/c1-23-20(25-10-13-9-14(21)4-5-15(13)22)24-6-7-26-18(27)16-11-2-3-12(8-11)17(16)19(26)28;/h2-5,9,11-12,16-17H,6-8,10H2,1H3,(H2,23,24,25);1H. The molecule has 1 aliphatic heterocycles. The van der Waals surface area contributed by atoms with Gasteiger partial charge in [-0.2, -0.15) is 0 Å². The Balaban J connectivity index is 0.00000240. The number of rotatable bonds is 5. The van der Waals surface area contributed by atoms with Gasteiger partial charge in [0.15, 0.2) is 5.96 Å². The van der Waals surface area contributed by atoms with Gasteiger partial charge in [0.2, 0.25) is 11.8 Å². The molecule has 0 radical (unpaired) electrons. The lowest BCUT2D eigenvalue weighted by atomic mass is 9.85. The lowest BCUT2D eigenvalue weighted by Crippen LogP contribution is -2.43. The van der Waals surface area contributed by atoms with Gasteiger partial charge < -0.3 is 10.6 Å². The fourth-order valence-corrected chi connectivity index (χ4v) is 4.55. The summed E-state index contributed by atoms with van der Waals surface area (Å²) in [6, 6.07) is 3.26. The number of guanidine groups is 1. The topological polar surface area (TPSA) is 73.8 Å². The molecule has 2 N–H and O–H groups in total. The van der Waals surface area contributed by atoms with Gasteiger partial charge in [0.05, 0.1) is 11.8 Å². The summed E-state index contributed by atoms with van der Waals surface area (Å²) in [7, 11) is 1.55. The van der Waals surface area contributed by atoms with Gasteiger partial charge in [-0.1, -0.05) is 12.2 Å². The van der Waals surface area contributed by atoms with Gasteiger partial charge in [-0.05, 0) is 36.5 Å². The number of allylic oxidation sites excluding steroid dienone is 2. The van der Waals surface area contributed by atoms with Crippen molar-refractivity contribution in [3.05, 3.63) is 47.5 Å². The molecule has 4 unspecified atom stereocenters. The Labute approximate surface area is 184 Å². The number of aliphatic imine (C=N–C) groups is 1. The first-order chi connectivity index (χ1) is 13.5. The molecule has 29 heavy (non-hydrogen) atoms. The molecule has 1 aromatic rings. The summed E-state index contributed by atoms with van der Waals surface area (Å²) in [6.07, 6.45) is 5.04. The number of hydrogen-bond acceptors (Lipinski definition) is 3. The number of nitrogens with zero attached hydrogens (tertiary/aromatic N) is 2. The van der Waals surface area contributed by atoms with Crippen molar-refractivity contribution in [2.75, 3.05) is 20.1 Å². The molecule has 2 aliphatic carbocycles. The number of carbonyl (C=O) groups is 2. The predicted octanol–water partition coefficient (Wildman–Crippen LogP) is 2.05. The number of carbonyl (C=O) groups excluding carboxylic acids is 2. The molecule has 0 aromatic heterocycles. The van der Waals surface area contributed by atoms with Crippen LogP contribution in [-0.2, 0) is 16.1 Å². The minimum Gasteiger partial charge on any atom is -0.355 e. The highest BCUT2D eigenvalue weighted by Gasteiger charge is 2.58. The van der Waals surface area contributed by atoms with E-state index in [1.807, 2.05) is 0 Å². The summed E-state index contributed by atoms with van der Waals surface area (Å²) < 4.78 is 26.9. The van der Waals surface area contributed by atoms with Crippen molar-refractivity contribution in [1.82, 2.24) is 15.5 Å². The fourth-order valence-electron chi connectivity index (χ4n) is 4.55. The molecule has 9 heteroatoms. The smallest absolute Gasteiger partial charge is 0.233 e. The summed E-state index contributed by atoms with van der Waals surface area (Å²) >= 11 is 0. The summed E-state index contributed by atoms with van der Waals surface area (Å²) in [6.45, 7) is 0.633. The van der Waals surface area contributed by atoms with Crippen molar-refractivity contribution in [1.29, 1.82) is 0 Å².